The van der Waals surface area contributed by atoms with Crippen LogP contribution in [-0.4, -0.2) is 42.8 Å². The fourth-order valence-electron chi connectivity index (χ4n) is 2.96. The molecule has 3 amide bonds. The highest BCUT2D eigenvalue weighted by Crippen LogP contribution is 2.23. The Balaban J connectivity index is 1.68. The van der Waals surface area contributed by atoms with Crippen molar-refractivity contribution in [2.45, 2.75) is 25.3 Å². The predicted molar refractivity (Wildman–Crippen MR) is 107 cm³/mol. The lowest BCUT2D eigenvalue weighted by Gasteiger charge is -2.20. The highest BCUT2D eigenvalue weighted by Gasteiger charge is 2.47. The van der Waals surface area contributed by atoms with Gasteiger partial charge in [0.15, 0.2) is 0 Å². The number of urea groups is 1. The number of benzene rings is 2. The van der Waals surface area contributed by atoms with E-state index in [2.05, 4.69) is 10.4 Å². The van der Waals surface area contributed by atoms with E-state index < -0.39 is 11.6 Å². The van der Waals surface area contributed by atoms with E-state index in [4.69, 9.17) is 0 Å². The Morgan fingerprint density at radius 1 is 1.07 bits per heavy atom. The van der Waals surface area contributed by atoms with Crippen LogP contribution in [0, 0.1) is 0 Å². The Labute approximate surface area is 159 Å². The molecule has 27 heavy (non-hydrogen) atoms. The van der Waals surface area contributed by atoms with Gasteiger partial charge in [-0.2, -0.15) is 5.10 Å². The number of amides is 3. The van der Waals surface area contributed by atoms with Crippen LogP contribution in [0.3, 0.4) is 0 Å². The lowest BCUT2D eigenvalue weighted by atomic mass is 9.93. The summed E-state index contributed by atoms with van der Waals surface area (Å²) >= 11 is 0. The van der Waals surface area contributed by atoms with Gasteiger partial charge in [0.2, 0.25) is 0 Å². The molecule has 0 bridgehead atoms. The van der Waals surface area contributed by atoms with Crippen LogP contribution in [0.1, 0.15) is 24.5 Å². The van der Waals surface area contributed by atoms with Gasteiger partial charge in [-0.3, -0.25) is 4.79 Å². The number of hydrogen-bond acceptors (Lipinski definition) is 4. The SMILES string of the molecule is CN(C)c1ccc(/C=N\N2C(=O)N[C@](C)(CCc3ccccc3)C2=O)cc1. The first kappa shape index (κ1) is 18.6. The van der Waals surface area contributed by atoms with E-state index in [1.165, 1.54) is 6.21 Å². The third kappa shape index (κ3) is 4.16. The van der Waals surface area contributed by atoms with Gasteiger partial charge in [-0.05, 0) is 43.0 Å². The standard InChI is InChI=1S/C21H24N4O2/c1-21(14-13-16-7-5-4-6-8-16)19(26)25(20(27)23-21)22-15-17-9-11-18(12-10-17)24(2)3/h4-12,15H,13-14H2,1-3H3,(H,23,27)/b22-15-/t21-/m1/s1. The van der Waals surface area contributed by atoms with Gasteiger partial charge in [0.1, 0.15) is 5.54 Å². The average molecular weight is 364 g/mol. The minimum absolute atomic E-state index is 0.329. The minimum Gasteiger partial charge on any atom is -0.378 e. The monoisotopic (exact) mass is 364 g/mol. The second kappa shape index (κ2) is 7.61. The molecule has 1 N–H and O–H groups in total. The number of hydrazone groups is 1. The van der Waals surface area contributed by atoms with E-state index in [0.717, 1.165) is 21.8 Å². The van der Waals surface area contributed by atoms with Gasteiger partial charge < -0.3 is 10.2 Å². The second-order valence-electron chi connectivity index (χ2n) is 7.10. The van der Waals surface area contributed by atoms with Crippen molar-refractivity contribution in [3.8, 4) is 0 Å². The van der Waals surface area contributed by atoms with Crippen LogP contribution in [0.2, 0.25) is 0 Å². The summed E-state index contributed by atoms with van der Waals surface area (Å²) in [4.78, 5) is 27.0. The summed E-state index contributed by atoms with van der Waals surface area (Å²) in [6, 6.07) is 17.1. The topological polar surface area (TPSA) is 65.0 Å². The Morgan fingerprint density at radius 3 is 2.37 bits per heavy atom. The number of carbonyl (C=O) groups is 2. The summed E-state index contributed by atoms with van der Waals surface area (Å²) in [5.74, 6) is -0.329. The van der Waals surface area contributed by atoms with Crippen molar-refractivity contribution in [3.63, 3.8) is 0 Å². The maximum absolute atomic E-state index is 12.7. The smallest absolute Gasteiger partial charge is 0.346 e. The number of rotatable bonds is 6. The summed E-state index contributed by atoms with van der Waals surface area (Å²) in [6.07, 6.45) is 2.75. The third-order valence-corrected chi connectivity index (χ3v) is 4.73. The highest BCUT2D eigenvalue weighted by molar-refractivity contribution is 6.07. The average Bonchev–Trinajstić information content (AvgIpc) is 2.88. The van der Waals surface area contributed by atoms with E-state index in [1.54, 1.807) is 6.92 Å². The third-order valence-electron chi connectivity index (χ3n) is 4.73. The van der Waals surface area contributed by atoms with Gasteiger partial charge in [-0.1, -0.05) is 42.5 Å². The van der Waals surface area contributed by atoms with E-state index in [-0.39, 0.29) is 5.91 Å². The number of hydrogen-bond donors (Lipinski definition) is 1. The Bertz CT molecular complexity index is 846. The first-order chi connectivity index (χ1) is 12.9. The van der Waals surface area contributed by atoms with Crippen LogP contribution in [0.25, 0.3) is 0 Å². The fourth-order valence-corrected chi connectivity index (χ4v) is 2.96. The predicted octanol–water partition coefficient (Wildman–Crippen LogP) is 3.03. The van der Waals surface area contributed by atoms with E-state index in [9.17, 15) is 9.59 Å². The van der Waals surface area contributed by atoms with E-state index in [1.807, 2.05) is 73.6 Å². The first-order valence-corrected chi connectivity index (χ1v) is 8.91. The number of aryl methyl sites for hydroxylation is 1. The van der Waals surface area contributed by atoms with Crippen molar-refractivity contribution in [2.75, 3.05) is 19.0 Å². The van der Waals surface area contributed by atoms with Gasteiger partial charge in [0.05, 0.1) is 6.21 Å². The van der Waals surface area contributed by atoms with Crippen LogP contribution < -0.4 is 10.2 Å². The Kier molecular flexibility index (Phi) is 5.26. The summed E-state index contributed by atoms with van der Waals surface area (Å²) in [5, 5.41) is 7.81. The van der Waals surface area contributed by atoms with Gasteiger partial charge in [-0.15, -0.1) is 5.01 Å². The van der Waals surface area contributed by atoms with Gasteiger partial charge in [0, 0.05) is 19.8 Å². The second-order valence-corrected chi connectivity index (χ2v) is 7.10. The van der Waals surface area contributed by atoms with Crippen LogP contribution >= 0.6 is 0 Å². The number of carbonyl (C=O) groups excluding carboxylic acids is 2. The molecule has 0 saturated carbocycles. The molecular weight excluding hydrogens is 340 g/mol. The highest BCUT2D eigenvalue weighted by atomic mass is 16.2. The molecule has 1 aliphatic rings. The molecule has 0 unspecified atom stereocenters. The number of anilines is 1. The van der Waals surface area contributed by atoms with Crippen LogP contribution in [0.4, 0.5) is 10.5 Å². The molecular formula is C21H24N4O2. The molecule has 0 aromatic heterocycles. The van der Waals surface area contributed by atoms with Crippen molar-refractivity contribution >= 4 is 23.8 Å². The molecule has 0 aliphatic carbocycles. The van der Waals surface area contributed by atoms with Crippen molar-refractivity contribution in [3.05, 3.63) is 65.7 Å². The number of imide groups is 1. The maximum atomic E-state index is 12.7. The lowest BCUT2D eigenvalue weighted by molar-refractivity contribution is -0.130. The molecule has 6 nitrogen and oxygen atoms in total. The van der Waals surface area contributed by atoms with E-state index in [0.29, 0.717) is 12.8 Å². The van der Waals surface area contributed by atoms with Crippen molar-refractivity contribution in [2.24, 2.45) is 5.10 Å². The normalized spacial score (nSPS) is 19.6. The zero-order valence-corrected chi connectivity index (χ0v) is 15.8. The molecule has 6 heteroatoms. The zero-order valence-electron chi connectivity index (χ0n) is 15.8. The molecule has 2 aromatic rings. The maximum Gasteiger partial charge on any atom is 0.346 e. The molecule has 1 fully saturated rings. The van der Waals surface area contributed by atoms with Gasteiger partial charge in [-0.25, -0.2) is 4.79 Å². The van der Waals surface area contributed by atoms with Crippen LogP contribution in [-0.2, 0) is 11.2 Å². The number of nitrogens with one attached hydrogen (secondary N) is 1. The Morgan fingerprint density at radius 2 is 1.74 bits per heavy atom. The largest absolute Gasteiger partial charge is 0.378 e. The summed E-state index contributed by atoms with van der Waals surface area (Å²) in [5.41, 5.74) is 2.07. The van der Waals surface area contributed by atoms with E-state index >= 15 is 0 Å². The molecule has 1 heterocycles. The lowest BCUT2D eigenvalue weighted by Crippen LogP contribution is -2.44. The molecule has 1 atom stereocenters. The molecule has 0 radical (unpaired) electrons. The van der Waals surface area contributed by atoms with Crippen molar-refractivity contribution in [1.82, 2.24) is 10.3 Å². The Hall–Kier alpha value is -3.15. The quantitative estimate of drug-likeness (QED) is 0.633. The number of nitrogens with zero attached hydrogens (tertiary/aromatic N) is 3. The van der Waals surface area contributed by atoms with Gasteiger partial charge in [0.25, 0.3) is 5.91 Å². The van der Waals surface area contributed by atoms with Crippen molar-refractivity contribution in [1.29, 1.82) is 0 Å². The van der Waals surface area contributed by atoms with Crippen LogP contribution in [0.5, 0.6) is 0 Å². The van der Waals surface area contributed by atoms with Crippen molar-refractivity contribution < 1.29 is 9.59 Å². The summed E-state index contributed by atoms with van der Waals surface area (Å²) in [7, 11) is 3.93. The molecule has 0 spiro atoms. The molecule has 1 saturated heterocycles. The molecule has 1 aliphatic heterocycles. The van der Waals surface area contributed by atoms with Crippen LogP contribution in [0.15, 0.2) is 59.7 Å². The fraction of sp³-hybridized carbons (Fsp3) is 0.286. The zero-order chi connectivity index (χ0) is 19.4. The van der Waals surface area contributed by atoms with Gasteiger partial charge >= 0.3 is 6.03 Å². The minimum atomic E-state index is -0.945. The molecule has 140 valence electrons. The first-order valence-electron chi connectivity index (χ1n) is 8.91. The summed E-state index contributed by atoms with van der Waals surface area (Å²) in [6.45, 7) is 1.75. The molecule has 3 rings (SSSR count). The summed E-state index contributed by atoms with van der Waals surface area (Å²) < 4.78 is 0. The molecule has 2 aromatic carbocycles.